The number of fused-ring (bicyclic) bond motifs is 1. The highest BCUT2D eigenvalue weighted by Gasteiger charge is 2.13. The molecule has 2 N–H and O–H groups in total. The molecule has 100 valence electrons. The molecular formula is C14H17N3S2. The zero-order valence-corrected chi connectivity index (χ0v) is 12.7. The maximum absolute atomic E-state index is 6.30. The number of nitrogens with two attached hydrogens (primary N) is 1. The molecule has 0 radical (unpaired) electrons. The van der Waals surface area contributed by atoms with Crippen molar-refractivity contribution in [2.45, 2.75) is 32.4 Å². The summed E-state index contributed by atoms with van der Waals surface area (Å²) in [4.78, 5) is 1.25. The van der Waals surface area contributed by atoms with Crippen LogP contribution in [0.4, 0.5) is 0 Å². The van der Waals surface area contributed by atoms with Gasteiger partial charge in [0, 0.05) is 39.0 Å². The third-order valence-electron chi connectivity index (χ3n) is 3.15. The first-order chi connectivity index (χ1) is 9.13. The molecule has 1 unspecified atom stereocenters. The maximum atomic E-state index is 6.30. The molecule has 3 heterocycles. The summed E-state index contributed by atoms with van der Waals surface area (Å²) < 4.78 is 4.65. The topological polar surface area (TPSA) is 43.8 Å². The van der Waals surface area contributed by atoms with Crippen molar-refractivity contribution in [2.75, 3.05) is 0 Å². The van der Waals surface area contributed by atoms with E-state index in [1.165, 1.54) is 14.3 Å². The van der Waals surface area contributed by atoms with E-state index in [9.17, 15) is 0 Å². The Hall–Kier alpha value is -1.17. The van der Waals surface area contributed by atoms with Gasteiger partial charge in [-0.05, 0) is 37.4 Å². The molecule has 3 aromatic heterocycles. The average Bonchev–Trinajstić information content (AvgIpc) is 3.02. The van der Waals surface area contributed by atoms with Crippen LogP contribution in [0.3, 0.4) is 0 Å². The Morgan fingerprint density at radius 2 is 2.16 bits per heavy atom. The minimum atomic E-state index is 0.0418. The van der Waals surface area contributed by atoms with Crippen LogP contribution in [0, 0.1) is 0 Å². The number of rotatable bonds is 4. The number of aromatic nitrogens is 2. The van der Waals surface area contributed by atoms with Crippen molar-refractivity contribution in [1.82, 2.24) is 9.78 Å². The van der Waals surface area contributed by atoms with Gasteiger partial charge in [-0.25, -0.2) is 0 Å². The van der Waals surface area contributed by atoms with Crippen LogP contribution in [-0.4, -0.2) is 9.78 Å². The summed E-state index contributed by atoms with van der Waals surface area (Å²) in [5, 5.41) is 6.69. The van der Waals surface area contributed by atoms with Crippen LogP contribution < -0.4 is 5.73 Å². The number of hydrogen-bond donors (Lipinski definition) is 1. The van der Waals surface area contributed by atoms with Gasteiger partial charge in [0.25, 0.3) is 0 Å². The fraction of sp³-hybridized carbons (Fsp3) is 0.357. The maximum Gasteiger partial charge on any atom is 0.0643 e. The lowest BCUT2D eigenvalue weighted by atomic mass is 10.1. The Balaban J connectivity index is 1.76. The van der Waals surface area contributed by atoms with Gasteiger partial charge in [-0.1, -0.05) is 0 Å². The highest BCUT2D eigenvalue weighted by Crippen LogP contribution is 2.33. The third-order valence-corrected chi connectivity index (χ3v) is 5.37. The van der Waals surface area contributed by atoms with Gasteiger partial charge in [-0.2, -0.15) is 5.10 Å². The van der Waals surface area contributed by atoms with Crippen LogP contribution in [0.15, 0.2) is 29.8 Å². The second-order valence-corrected chi connectivity index (χ2v) is 7.05. The largest absolute Gasteiger partial charge is 0.323 e. The molecule has 0 spiro atoms. The van der Waals surface area contributed by atoms with Crippen molar-refractivity contribution >= 4 is 32.1 Å². The van der Waals surface area contributed by atoms with E-state index in [1.807, 2.05) is 10.9 Å². The molecule has 0 aliphatic heterocycles. The van der Waals surface area contributed by atoms with Crippen LogP contribution in [0.2, 0.25) is 0 Å². The predicted octanol–water partition coefficient (Wildman–Crippen LogP) is 3.98. The second-order valence-electron chi connectivity index (χ2n) is 4.99. The summed E-state index contributed by atoms with van der Waals surface area (Å²) in [5.74, 6) is 0. The molecule has 5 heteroatoms. The van der Waals surface area contributed by atoms with Gasteiger partial charge < -0.3 is 5.73 Å². The molecule has 0 aromatic carbocycles. The minimum absolute atomic E-state index is 0.0418. The SMILES string of the molecule is CC(C)n1ccc(CC(N)c2cc3sccc3s2)n1. The lowest BCUT2D eigenvalue weighted by Crippen LogP contribution is -2.12. The van der Waals surface area contributed by atoms with Crippen molar-refractivity contribution < 1.29 is 0 Å². The van der Waals surface area contributed by atoms with Crippen molar-refractivity contribution in [1.29, 1.82) is 0 Å². The van der Waals surface area contributed by atoms with E-state index < -0.39 is 0 Å². The molecule has 3 aromatic rings. The highest BCUT2D eigenvalue weighted by atomic mass is 32.1. The first kappa shape index (κ1) is 12.8. The van der Waals surface area contributed by atoms with Crippen molar-refractivity contribution in [3.8, 4) is 0 Å². The van der Waals surface area contributed by atoms with E-state index in [0.29, 0.717) is 6.04 Å². The van der Waals surface area contributed by atoms with E-state index in [-0.39, 0.29) is 6.04 Å². The number of thiophene rings is 2. The van der Waals surface area contributed by atoms with Gasteiger partial charge >= 0.3 is 0 Å². The van der Waals surface area contributed by atoms with E-state index in [1.54, 1.807) is 22.7 Å². The zero-order valence-electron chi connectivity index (χ0n) is 11.0. The summed E-state index contributed by atoms with van der Waals surface area (Å²) in [6, 6.07) is 6.89. The molecule has 0 amide bonds. The van der Waals surface area contributed by atoms with E-state index in [2.05, 4.69) is 42.5 Å². The second kappa shape index (κ2) is 5.07. The molecule has 0 fully saturated rings. The molecule has 0 aliphatic carbocycles. The average molecular weight is 291 g/mol. The molecule has 0 bridgehead atoms. The molecule has 0 saturated heterocycles. The monoisotopic (exact) mass is 291 g/mol. The Morgan fingerprint density at radius 3 is 2.84 bits per heavy atom. The van der Waals surface area contributed by atoms with Gasteiger partial charge in [0.2, 0.25) is 0 Å². The normalized spacial score (nSPS) is 13.5. The first-order valence-corrected chi connectivity index (χ1v) is 8.09. The number of hydrogen-bond acceptors (Lipinski definition) is 4. The van der Waals surface area contributed by atoms with E-state index in [4.69, 9.17) is 5.73 Å². The lowest BCUT2D eigenvalue weighted by molar-refractivity contribution is 0.523. The molecule has 0 aliphatic rings. The van der Waals surface area contributed by atoms with Crippen molar-refractivity contribution in [3.63, 3.8) is 0 Å². The van der Waals surface area contributed by atoms with Gasteiger partial charge in [0.05, 0.1) is 5.69 Å². The van der Waals surface area contributed by atoms with Gasteiger partial charge in [-0.3, -0.25) is 4.68 Å². The van der Waals surface area contributed by atoms with Crippen LogP contribution in [-0.2, 0) is 6.42 Å². The summed E-state index contributed by atoms with van der Waals surface area (Å²) in [5.41, 5.74) is 7.37. The van der Waals surface area contributed by atoms with Crippen LogP contribution in [0.25, 0.3) is 9.40 Å². The van der Waals surface area contributed by atoms with Gasteiger partial charge in [-0.15, -0.1) is 22.7 Å². The molecular weight excluding hydrogens is 274 g/mol. The van der Waals surface area contributed by atoms with E-state index >= 15 is 0 Å². The van der Waals surface area contributed by atoms with Crippen molar-refractivity contribution in [2.24, 2.45) is 5.73 Å². The van der Waals surface area contributed by atoms with Gasteiger partial charge in [0.1, 0.15) is 0 Å². The first-order valence-electron chi connectivity index (χ1n) is 6.40. The lowest BCUT2D eigenvalue weighted by Gasteiger charge is -2.08. The molecule has 1 atom stereocenters. The van der Waals surface area contributed by atoms with Crippen LogP contribution in [0.5, 0.6) is 0 Å². The quantitative estimate of drug-likeness (QED) is 0.790. The fourth-order valence-corrected chi connectivity index (χ4v) is 4.19. The predicted molar refractivity (Wildman–Crippen MR) is 82.9 cm³/mol. The third kappa shape index (κ3) is 2.59. The molecule has 0 saturated carbocycles. The fourth-order valence-electron chi connectivity index (χ4n) is 2.07. The molecule has 3 nitrogen and oxygen atoms in total. The Bertz CT molecular complexity index is 649. The zero-order chi connectivity index (χ0) is 13.4. The molecule has 3 rings (SSSR count). The smallest absolute Gasteiger partial charge is 0.0643 e. The Kier molecular flexibility index (Phi) is 3.43. The van der Waals surface area contributed by atoms with Crippen molar-refractivity contribution in [3.05, 3.63) is 40.3 Å². The summed E-state index contributed by atoms with van der Waals surface area (Å²) in [6.07, 6.45) is 2.83. The Labute approximate surface area is 120 Å². The summed E-state index contributed by atoms with van der Waals surface area (Å²) in [6.45, 7) is 4.26. The summed E-state index contributed by atoms with van der Waals surface area (Å²) in [7, 11) is 0. The minimum Gasteiger partial charge on any atom is -0.323 e. The Morgan fingerprint density at radius 1 is 1.32 bits per heavy atom. The highest BCUT2D eigenvalue weighted by molar-refractivity contribution is 7.26. The standard InChI is InChI=1S/C14H17N3S2/c1-9(2)17-5-3-10(16-17)7-11(15)13-8-14-12(19-13)4-6-18-14/h3-6,8-9,11H,7,15H2,1-2H3. The van der Waals surface area contributed by atoms with Crippen LogP contribution >= 0.6 is 22.7 Å². The number of nitrogens with zero attached hydrogens (tertiary/aromatic N) is 2. The van der Waals surface area contributed by atoms with Gasteiger partial charge in [0.15, 0.2) is 0 Å². The van der Waals surface area contributed by atoms with Crippen LogP contribution in [0.1, 0.15) is 36.5 Å². The molecule has 19 heavy (non-hydrogen) atoms. The van der Waals surface area contributed by atoms with E-state index in [0.717, 1.165) is 12.1 Å². The summed E-state index contributed by atoms with van der Waals surface area (Å²) >= 11 is 3.57.